The molecule has 1 unspecified atom stereocenters. The number of aromatic hydroxyl groups is 1. The predicted octanol–water partition coefficient (Wildman–Crippen LogP) is 2.67. The smallest absolute Gasteiger partial charge is 0.123 e. The maximum absolute atomic E-state index is 9.58. The van der Waals surface area contributed by atoms with Gasteiger partial charge in [-0.25, -0.2) is 0 Å². The van der Waals surface area contributed by atoms with Gasteiger partial charge in [0.1, 0.15) is 11.5 Å². The normalized spacial score (nSPS) is 25.4. The van der Waals surface area contributed by atoms with E-state index in [4.69, 9.17) is 10.5 Å². The molecule has 2 atom stereocenters. The summed E-state index contributed by atoms with van der Waals surface area (Å²) in [6.07, 6.45) is 3.71. The molecule has 1 aromatic rings. The van der Waals surface area contributed by atoms with Gasteiger partial charge in [-0.2, -0.15) is 0 Å². The zero-order valence-electron chi connectivity index (χ0n) is 10.3. The zero-order chi connectivity index (χ0) is 11.8. The second kappa shape index (κ2) is 5.37. The molecule has 2 aliphatic carbocycles. The van der Waals surface area contributed by atoms with Crippen molar-refractivity contribution < 1.29 is 9.84 Å². The first-order valence-electron chi connectivity index (χ1n) is 6.43. The van der Waals surface area contributed by atoms with Gasteiger partial charge in [0, 0.05) is 5.56 Å². The highest BCUT2D eigenvalue weighted by Crippen LogP contribution is 2.50. The molecule has 0 radical (unpaired) electrons. The molecule has 0 amide bonds. The third kappa shape index (κ3) is 2.90. The lowest BCUT2D eigenvalue weighted by atomic mass is 10.1. The van der Waals surface area contributed by atoms with E-state index >= 15 is 0 Å². The molecular formula is C14H20ClNO2. The summed E-state index contributed by atoms with van der Waals surface area (Å²) in [6.45, 7) is 1.54. The van der Waals surface area contributed by atoms with E-state index in [2.05, 4.69) is 0 Å². The Morgan fingerprint density at radius 1 is 1.33 bits per heavy atom. The highest BCUT2D eigenvalue weighted by atomic mass is 35.5. The van der Waals surface area contributed by atoms with Crippen molar-refractivity contribution in [3.8, 4) is 11.5 Å². The van der Waals surface area contributed by atoms with Crippen molar-refractivity contribution >= 4 is 12.4 Å². The van der Waals surface area contributed by atoms with Crippen molar-refractivity contribution in [2.24, 2.45) is 17.6 Å². The minimum Gasteiger partial charge on any atom is -0.508 e. The molecule has 3 N–H and O–H groups in total. The monoisotopic (exact) mass is 269 g/mol. The summed E-state index contributed by atoms with van der Waals surface area (Å²) in [5.41, 5.74) is 6.82. The summed E-state index contributed by atoms with van der Waals surface area (Å²) in [7, 11) is 0. The van der Waals surface area contributed by atoms with Crippen LogP contribution in [-0.4, -0.2) is 18.3 Å². The molecule has 0 saturated heterocycles. The van der Waals surface area contributed by atoms with Gasteiger partial charge in [0.15, 0.2) is 0 Å². The Bertz CT molecular complexity index is 420. The van der Waals surface area contributed by atoms with Crippen LogP contribution in [0.4, 0.5) is 0 Å². The number of hydrogen-bond donors (Lipinski definition) is 2. The van der Waals surface area contributed by atoms with Gasteiger partial charge >= 0.3 is 0 Å². The van der Waals surface area contributed by atoms with Gasteiger partial charge in [0.2, 0.25) is 0 Å². The number of phenolic OH excluding ortho intramolecular Hbond substituents is 1. The Balaban J connectivity index is 0.00000120. The van der Waals surface area contributed by atoms with Crippen LogP contribution in [0.1, 0.15) is 30.7 Å². The molecule has 2 aliphatic rings. The minimum atomic E-state index is 0. The van der Waals surface area contributed by atoms with Gasteiger partial charge in [-0.3, -0.25) is 0 Å². The molecule has 0 aromatic heterocycles. The summed E-state index contributed by atoms with van der Waals surface area (Å²) < 4.78 is 5.86. The zero-order valence-corrected chi connectivity index (χ0v) is 11.2. The summed E-state index contributed by atoms with van der Waals surface area (Å²) in [5.74, 6) is 3.07. The van der Waals surface area contributed by atoms with Crippen LogP contribution < -0.4 is 10.5 Å². The van der Waals surface area contributed by atoms with E-state index in [0.717, 1.165) is 36.8 Å². The molecule has 0 spiro atoms. The van der Waals surface area contributed by atoms with E-state index in [1.54, 1.807) is 6.07 Å². The van der Waals surface area contributed by atoms with Gasteiger partial charge in [-0.15, -0.1) is 12.4 Å². The lowest BCUT2D eigenvalue weighted by molar-refractivity contribution is 0.296. The van der Waals surface area contributed by atoms with Crippen LogP contribution >= 0.6 is 12.4 Å². The third-order valence-electron chi connectivity index (χ3n) is 3.79. The van der Waals surface area contributed by atoms with Crippen molar-refractivity contribution in [2.75, 3.05) is 13.2 Å². The Kier molecular flexibility index (Phi) is 4.03. The fourth-order valence-corrected chi connectivity index (χ4v) is 2.34. The van der Waals surface area contributed by atoms with Crippen LogP contribution in [0.5, 0.6) is 11.5 Å². The largest absolute Gasteiger partial charge is 0.508 e. The molecule has 100 valence electrons. The number of ether oxygens (including phenoxy) is 1. The Labute approximate surface area is 114 Å². The van der Waals surface area contributed by atoms with Crippen molar-refractivity contribution in [1.82, 2.24) is 0 Å². The number of nitrogens with two attached hydrogens (primary N) is 1. The Morgan fingerprint density at radius 3 is 2.72 bits per heavy atom. The van der Waals surface area contributed by atoms with Gasteiger partial charge in [0.25, 0.3) is 0 Å². The van der Waals surface area contributed by atoms with Crippen LogP contribution in [0.3, 0.4) is 0 Å². The van der Waals surface area contributed by atoms with Crippen molar-refractivity contribution in [2.45, 2.75) is 25.2 Å². The van der Waals surface area contributed by atoms with Crippen molar-refractivity contribution in [1.29, 1.82) is 0 Å². The number of rotatable bonds is 5. The average Bonchev–Trinajstić information content (AvgIpc) is 3.21. The summed E-state index contributed by atoms with van der Waals surface area (Å²) in [6, 6.07) is 5.42. The molecule has 0 aliphatic heterocycles. The molecule has 1 aromatic carbocycles. The number of hydrogen-bond acceptors (Lipinski definition) is 3. The van der Waals surface area contributed by atoms with Crippen LogP contribution in [-0.2, 0) is 0 Å². The average molecular weight is 270 g/mol. The molecule has 3 nitrogen and oxygen atoms in total. The Hall–Kier alpha value is -0.930. The fourth-order valence-electron chi connectivity index (χ4n) is 2.34. The quantitative estimate of drug-likeness (QED) is 0.864. The molecule has 3 rings (SSSR count). The molecule has 4 heteroatoms. The second-order valence-corrected chi connectivity index (χ2v) is 5.31. The van der Waals surface area contributed by atoms with E-state index in [-0.39, 0.29) is 12.4 Å². The van der Waals surface area contributed by atoms with Gasteiger partial charge in [0.05, 0.1) is 6.61 Å². The first kappa shape index (κ1) is 13.5. The highest BCUT2D eigenvalue weighted by molar-refractivity contribution is 5.85. The van der Waals surface area contributed by atoms with E-state index in [0.29, 0.717) is 17.6 Å². The van der Waals surface area contributed by atoms with E-state index in [1.165, 1.54) is 12.8 Å². The molecule has 2 saturated carbocycles. The first-order valence-corrected chi connectivity index (χ1v) is 6.43. The SMILES string of the molecule is Cl.NC[C@H]1CC1c1cc(O)ccc1OCC1CC1. The van der Waals surface area contributed by atoms with Gasteiger partial charge < -0.3 is 15.6 Å². The van der Waals surface area contributed by atoms with E-state index in [1.807, 2.05) is 12.1 Å². The molecular weight excluding hydrogens is 250 g/mol. The lowest BCUT2D eigenvalue weighted by Gasteiger charge is -2.11. The maximum atomic E-state index is 9.58. The Morgan fingerprint density at radius 2 is 2.11 bits per heavy atom. The molecule has 18 heavy (non-hydrogen) atoms. The van der Waals surface area contributed by atoms with Crippen LogP contribution in [0.2, 0.25) is 0 Å². The lowest BCUT2D eigenvalue weighted by Crippen LogP contribution is -2.04. The molecule has 0 bridgehead atoms. The standard InChI is InChI=1S/C14H19NO2.ClH/c15-7-10-5-12(10)13-6-11(16)3-4-14(13)17-8-9-1-2-9;/h3-4,6,9-10,12,16H,1-2,5,7-8,15H2;1H/t10-,12?;/m1./s1. The first-order chi connectivity index (χ1) is 8.28. The molecule has 0 heterocycles. The summed E-state index contributed by atoms with van der Waals surface area (Å²) in [5, 5.41) is 9.58. The van der Waals surface area contributed by atoms with E-state index in [9.17, 15) is 5.11 Å². The third-order valence-corrected chi connectivity index (χ3v) is 3.79. The maximum Gasteiger partial charge on any atom is 0.123 e. The van der Waals surface area contributed by atoms with Crippen LogP contribution in [0.25, 0.3) is 0 Å². The summed E-state index contributed by atoms with van der Waals surface area (Å²) in [4.78, 5) is 0. The number of phenols is 1. The number of halogens is 1. The van der Waals surface area contributed by atoms with Gasteiger partial charge in [-0.05, 0) is 61.8 Å². The fraction of sp³-hybridized carbons (Fsp3) is 0.571. The highest BCUT2D eigenvalue weighted by Gasteiger charge is 2.39. The summed E-state index contributed by atoms with van der Waals surface area (Å²) >= 11 is 0. The second-order valence-electron chi connectivity index (χ2n) is 5.31. The number of benzene rings is 1. The minimum absolute atomic E-state index is 0. The van der Waals surface area contributed by atoms with E-state index < -0.39 is 0 Å². The van der Waals surface area contributed by atoms with Crippen LogP contribution in [0.15, 0.2) is 18.2 Å². The van der Waals surface area contributed by atoms with Gasteiger partial charge in [-0.1, -0.05) is 0 Å². The topological polar surface area (TPSA) is 55.5 Å². The van der Waals surface area contributed by atoms with Crippen molar-refractivity contribution in [3.63, 3.8) is 0 Å². The predicted molar refractivity (Wildman–Crippen MR) is 73.5 cm³/mol. The van der Waals surface area contributed by atoms with Crippen LogP contribution in [0, 0.1) is 11.8 Å². The van der Waals surface area contributed by atoms with Crippen molar-refractivity contribution in [3.05, 3.63) is 23.8 Å². The molecule has 2 fully saturated rings.